The van der Waals surface area contributed by atoms with Crippen LogP contribution in [-0.4, -0.2) is 65.1 Å². The van der Waals surface area contributed by atoms with Crippen molar-refractivity contribution in [3.63, 3.8) is 0 Å². The fourth-order valence-electron chi connectivity index (χ4n) is 4.77. The van der Waals surface area contributed by atoms with Crippen LogP contribution in [0.3, 0.4) is 0 Å². The van der Waals surface area contributed by atoms with Gasteiger partial charge in [-0.1, -0.05) is 6.07 Å². The van der Waals surface area contributed by atoms with Gasteiger partial charge in [-0.3, -0.25) is 4.90 Å². The van der Waals surface area contributed by atoms with Gasteiger partial charge in [0.2, 0.25) is 10.0 Å². The lowest BCUT2D eigenvalue weighted by molar-refractivity contribution is 0.0968. The van der Waals surface area contributed by atoms with Crippen LogP contribution < -0.4 is 14.2 Å². The van der Waals surface area contributed by atoms with E-state index >= 15 is 0 Å². The Labute approximate surface area is 184 Å². The molecule has 0 amide bonds. The molecule has 4 rings (SSSR count). The van der Waals surface area contributed by atoms with E-state index in [1.54, 1.807) is 26.3 Å². The maximum absolute atomic E-state index is 13.4. The maximum atomic E-state index is 13.4. The Hall–Kier alpha value is -2.29. The molecular formula is C23H30N2O5S. The van der Waals surface area contributed by atoms with E-state index in [0.29, 0.717) is 11.5 Å². The fraction of sp³-hybridized carbons (Fsp3) is 0.478. The van der Waals surface area contributed by atoms with Crippen LogP contribution in [0.5, 0.6) is 17.2 Å². The number of piperidine rings is 1. The van der Waals surface area contributed by atoms with Crippen LogP contribution in [0.1, 0.15) is 30.0 Å². The highest BCUT2D eigenvalue weighted by Gasteiger charge is 2.38. The highest BCUT2D eigenvalue weighted by molar-refractivity contribution is 7.89. The lowest BCUT2D eigenvalue weighted by Crippen LogP contribution is -2.48. The monoisotopic (exact) mass is 446 g/mol. The van der Waals surface area contributed by atoms with E-state index < -0.39 is 10.0 Å². The molecule has 1 fully saturated rings. The molecule has 2 unspecified atom stereocenters. The maximum Gasteiger partial charge on any atom is 0.243 e. The van der Waals surface area contributed by atoms with Crippen molar-refractivity contribution < 1.29 is 22.6 Å². The predicted octanol–water partition coefficient (Wildman–Crippen LogP) is 3.09. The molecule has 168 valence electrons. The molecule has 0 radical (unpaired) electrons. The fourth-order valence-corrected chi connectivity index (χ4v) is 6.18. The minimum Gasteiger partial charge on any atom is -0.497 e. The van der Waals surface area contributed by atoms with E-state index in [9.17, 15) is 8.42 Å². The van der Waals surface area contributed by atoms with Crippen molar-refractivity contribution in [2.45, 2.75) is 36.2 Å². The number of fused-ring (bicyclic) bond motifs is 3. The first-order valence-corrected chi connectivity index (χ1v) is 11.9. The number of ether oxygens (including phenoxy) is 3. The van der Waals surface area contributed by atoms with Crippen LogP contribution in [0.2, 0.25) is 0 Å². The summed E-state index contributed by atoms with van der Waals surface area (Å²) in [5.41, 5.74) is 2.58. The molecule has 1 saturated heterocycles. The first-order chi connectivity index (χ1) is 14.9. The topological polar surface area (TPSA) is 68.3 Å². The summed E-state index contributed by atoms with van der Waals surface area (Å²) in [6.07, 6.45) is 2.57. The van der Waals surface area contributed by atoms with Crippen molar-refractivity contribution >= 4 is 10.0 Å². The van der Waals surface area contributed by atoms with Crippen molar-refractivity contribution in [2.24, 2.45) is 0 Å². The predicted molar refractivity (Wildman–Crippen MR) is 119 cm³/mol. The van der Waals surface area contributed by atoms with Gasteiger partial charge in [-0.25, -0.2) is 8.42 Å². The molecule has 2 heterocycles. The van der Waals surface area contributed by atoms with Gasteiger partial charge in [-0.05, 0) is 54.7 Å². The van der Waals surface area contributed by atoms with Crippen LogP contribution in [-0.2, 0) is 16.4 Å². The zero-order chi connectivity index (χ0) is 22.2. The van der Waals surface area contributed by atoms with Gasteiger partial charge < -0.3 is 14.2 Å². The summed E-state index contributed by atoms with van der Waals surface area (Å²) in [6, 6.07) is 11.1. The van der Waals surface area contributed by atoms with Gasteiger partial charge in [0.15, 0.2) is 11.5 Å². The zero-order valence-corrected chi connectivity index (χ0v) is 19.3. The molecule has 2 aliphatic rings. The Bertz CT molecular complexity index is 1060. The van der Waals surface area contributed by atoms with Crippen molar-refractivity contribution in [3.8, 4) is 17.2 Å². The molecule has 2 aromatic carbocycles. The third-order valence-electron chi connectivity index (χ3n) is 6.61. The second-order valence-electron chi connectivity index (χ2n) is 8.08. The van der Waals surface area contributed by atoms with Crippen LogP contribution >= 0.6 is 0 Å². The van der Waals surface area contributed by atoms with Gasteiger partial charge in [0.05, 0.1) is 26.2 Å². The average Bonchev–Trinajstić information content (AvgIpc) is 2.82. The molecule has 0 N–H and O–H groups in total. The van der Waals surface area contributed by atoms with E-state index in [4.69, 9.17) is 14.2 Å². The molecular weight excluding hydrogens is 416 g/mol. The number of methoxy groups -OCH3 is 3. The molecule has 2 aliphatic heterocycles. The first-order valence-electron chi connectivity index (χ1n) is 10.5. The second-order valence-corrected chi connectivity index (χ2v) is 10.1. The van der Waals surface area contributed by atoms with E-state index in [2.05, 4.69) is 17.0 Å². The van der Waals surface area contributed by atoms with Gasteiger partial charge >= 0.3 is 0 Å². The molecule has 0 spiro atoms. The van der Waals surface area contributed by atoms with Crippen LogP contribution in [0, 0.1) is 0 Å². The lowest BCUT2D eigenvalue weighted by atomic mass is 9.85. The number of benzene rings is 2. The molecule has 0 saturated carbocycles. The van der Waals surface area contributed by atoms with Crippen LogP contribution in [0.25, 0.3) is 0 Å². The van der Waals surface area contributed by atoms with Gasteiger partial charge in [0.1, 0.15) is 5.75 Å². The molecule has 0 bridgehead atoms. The van der Waals surface area contributed by atoms with Crippen molar-refractivity contribution in [2.75, 3.05) is 41.5 Å². The third-order valence-corrected chi connectivity index (χ3v) is 8.52. The molecule has 2 aromatic rings. The molecule has 31 heavy (non-hydrogen) atoms. The number of hydrogen-bond acceptors (Lipinski definition) is 6. The van der Waals surface area contributed by atoms with E-state index in [1.165, 1.54) is 35.7 Å². The highest BCUT2D eigenvalue weighted by Crippen LogP contribution is 2.40. The third kappa shape index (κ3) is 4.00. The number of rotatable bonds is 6. The van der Waals surface area contributed by atoms with Crippen LogP contribution in [0.4, 0.5) is 0 Å². The Kier molecular flexibility index (Phi) is 6.14. The van der Waals surface area contributed by atoms with Crippen molar-refractivity contribution in [1.82, 2.24) is 9.21 Å². The quantitative estimate of drug-likeness (QED) is 0.679. The lowest BCUT2D eigenvalue weighted by Gasteiger charge is -2.45. The Morgan fingerprint density at radius 3 is 2.45 bits per heavy atom. The van der Waals surface area contributed by atoms with Gasteiger partial charge in [0.25, 0.3) is 0 Å². The molecule has 0 aromatic heterocycles. The summed E-state index contributed by atoms with van der Waals surface area (Å²) in [5, 5.41) is 0. The molecule has 8 heteroatoms. The Morgan fingerprint density at radius 2 is 1.74 bits per heavy atom. The summed E-state index contributed by atoms with van der Waals surface area (Å²) >= 11 is 0. The van der Waals surface area contributed by atoms with Crippen molar-refractivity contribution in [1.29, 1.82) is 0 Å². The summed E-state index contributed by atoms with van der Waals surface area (Å²) in [5.74, 6) is 1.78. The molecule has 0 aliphatic carbocycles. The van der Waals surface area contributed by atoms with Gasteiger partial charge in [-0.15, -0.1) is 0 Å². The van der Waals surface area contributed by atoms with Gasteiger partial charge in [0, 0.05) is 38.3 Å². The zero-order valence-electron chi connectivity index (χ0n) is 18.5. The van der Waals surface area contributed by atoms with E-state index in [-0.39, 0.29) is 17.0 Å². The smallest absolute Gasteiger partial charge is 0.243 e. The Balaban J connectivity index is 1.59. The van der Waals surface area contributed by atoms with Crippen molar-refractivity contribution in [3.05, 3.63) is 47.5 Å². The average molecular weight is 447 g/mol. The Morgan fingerprint density at radius 1 is 0.968 bits per heavy atom. The van der Waals surface area contributed by atoms with E-state index in [0.717, 1.165) is 38.1 Å². The molecule has 7 nitrogen and oxygen atoms in total. The summed E-state index contributed by atoms with van der Waals surface area (Å²) in [4.78, 5) is 2.69. The summed E-state index contributed by atoms with van der Waals surface area (Å²) in [7, 11) is 2.74. The SMILES string of the molecule is COc1ccc2c(c1)CCN1CCC(N(C)S(=O)(=O)c3ccc(OC)c(OC)c3)CC21. The highest BCUT2D eigenvalue weighted by atomic mass is 32.2. The second kappa shape index (κ2) is 8.68. The number of hydrogen-bond donors (Lipinski definition) is 0. The standard InChI is InChI=1S/C23H30N2O5S/c1-24(31(26,27)19-6-8-22(29-3)23(15-19)30-4)17-10-12-25-11-9-16-13-18(28-2)5-7-20(16)21(25)14-17/h5-8,13,15,17,21H,9-12,14H2,1-4H3. The van der Waals surface area contributed by atoms with Crippen LogP contribution in [0.15, 0.2) is 41.3 Å². The first kappa shape index (κ1) is 21.9. The van der Waals surface area contributed by atoms with E-state index in [1.807, 2.05) is 6.07 Å². The largest absolute Gasteiger partial charge is 0.497 e. The minimum absolute atomic E-state index is 0.0765. The number of sulfonamides is 1. The molecule has 2 atom stereocenters. The number of nitrogens with zero attached hydrogens (tertiary/aromatic N) is 2. The van der Waals surface area contributed by atoms with Gasteiger partial charge in [-0.2, -0.15) is 4.31 Å². The minimum atomic E-state index is -3.66. The normalized spacial score (nSPS) is 21.3. The summed E-state index contributed by atoms with van der Waals surface area (Å²) < 4.78 is 44.2. The summed E-state index contributed by atoms with van der Waals surface area (Å²) in [6.45, 7) is 1.87.